The van der Waals surface area contributed by atoms with E-state index in [4.69, 9.17) is 5.84 Å². The van der Waals surface area contributed by atoms with Crippen LogP contribution in [0, 0.1) is 5.82 Å². The van der Waals surface area contributed by atoms with Gasteiger partial charge in [0, 0.05) is 12.2 Å². The molecule has 2 rings (SSSR count). The van der Waals surface area contributed by atoms with Crippen LogP contribution in [0.15, 0.2) is 36.4 Å². The Labute approximate surface area is 123 Å². The Morgan fingerprint density at radius 1 is 1.24 bits per heavy atom. The normalized spacial score (nSPS) is 10.6. The fraction of sp³-hybridized carbons (Fsp3) is 0.312. The van der Waals surface area contributed by atoms with Crippen molar-refractivity contribution in [3.63, 3.8) is 0 Å². The Balaban J connectivity index is 2.30. The molecular formula is C16H20FN3O. The maximum Gasteiger partial charge on any atom is 0.281 e. The number of nitrogen functional groups attached to an aromatic ring is 1. The lowest BCUT2D eigenvalue weighted by molar-refractivity contribution is 0.0944. The number of nitrogens with two attached hydrogens (primary N) is 1. The van der Waals surface area contributed by atoms with Gasteiger partial charge in [-0.15, -0.1) is 0 Å². The van der Waals surface area contributed by atoms with Gasteiger partial charge in [0.15, 0.2) is 0 Å². The van der Waals surface area contributed by atoms with Crippen LogP contribution in [0.4, 0.5) is 4.39 Å². The van der Waals surface area contributed by atoms with Crippen LogP contribution in [0.1, 0.15) is 41.5 Å². The second kappa shape index (κ2) is 7.04. The molecule has 0 aliphatic rings. The standard InChI is InChI=1S/C16H20FN3O/c1-2-3-4-14-9-10-15(16(21)19-18)20(14)11-12-5-7-13(17)8-6-12/h5-10H,2-4,11,18H2,1H3,(H,19,21). The van der Waals surface area contributed by atoms with Gasteiger partial charge in [-0.05, 0) is 42.7 Å². The zero-order valence-electron chi connectivity index (χ0n) is 12.1. The molecule has 21 heavy (non-hydrogen) atoms. The highest BCUT2D eigenvalue weighted by atomic mass is 19.1. The highest BCUT2D eigenvalue weighted by Gasteiger charge is 2.14. The molecule has 1 aromatic heterocycles. The summed E-state index contributed by atoms with van der Waals surface area (Å²) in [6, 6.07) is 10.0. The SMILES string of the molecule is CCCCc1ccc(C(=O)NN)n1Cc1ccc(F)cc1. The summed E-state index contributed by atoms with van der Waals surface area (Å²) in [6.45, 7) is 2.65. The number of aromatic nitrogens is 1. The first kappa shape index (κ1) is 15.3. The first-order valence-electron chi connectivity index (χ1n) is 7.09. The van der Waals surface area contributed by atoms with Gasteiger partial charge in [-0.1, -0.05) is 25.5 Å². The van der Waals surface area contributed by atoms with Crippen molar-refractivity contribution in [2.24, 2.45) is 5.84 Å². The van der Waals surface area contributed by atoms with Gasteiger partial charge in [-0.3, -0.25) is 10.2 Å². The summed E-state index contributed by atoms with van der Waals surface area (Å²) in [5.74, 6) is 4.65. The Hall–Kier alpha value is -2.14. The van der Waals surface area contributed by atoms with Crippen molar-refractivity contribution in [2.45, 2.75) is 32.7 Å². The number of hydrogen-bond acceptors (Lipinski definition) is 2. The average molecular weight is 289 g/mol. The highest BCUT2D eigenvalue weighted by molar-refractivity contribution is 5.92. The van der Waals surface area contributed by atoms with E-state index < -0.39 is 0 Å². The van der Waals surface area contributed by atoms with Crippen molar-refractivity contribution in [2.75, 3.05) is 0 Å². The van der Waals surface area contributed by atoms with Crippen LogP contribution >= 0.6 is 0 Å². The maximum absolute atomic E-state index is 13.0. The third-order valence-corrected chi connectivity index (χ3v) is 3.48. The van der Waals surface area contributed by atoms with E-state index >= 15 is 0 Å². The number of hydrazine groups is 1. The molecule has 0 fully saturated rings. The molecule has 2 aromatic rings. The minimum Gasteiger partial charge on any atom is -0.336 e. The fourth-order valence-corrected chi connectivity index (χ4v) is 2.32. The largest absolute Gasteiger partial charge is 0.336 e. The monoisotopic (exact) mass is 289 g/mol. The molecule has 0 radical (unpaired) electrons. The molecule has 112 valence electrons. The van der Waals surface area contributed by atoms with Gasteiger partial charge in [-0.2, -0.15) is 0 Å². The molecule has 1 heterocycles. The Bertz CT molecular complexity index is 604. The van der Waals surface area contributed by atoms with Gasteiger partial charge < -0.3 is 4.57 Å². The lowest BCUT2D eigenvalue weighted by Gasteiger charge is -2.13. The second-order valence-electron chi connectivity index (χ2n) is 5.00. The van der Waals surface area contributed by atoms with Gasteiger partial charge in [0.25, 0.3) is 5.91 Å². The summed E-state index contributed by atoms with van der Waals surface area (Å²) < 4.78 is 14.9. The summed E-state index contributed by atoms with van der Waals surface area (Å²) in [5.41, 5.74) is 4.71. The molecule has 3 N–H and O–H groups in total. The van der Waals surface area contributed by atoms with Gasteiger partial charge in [0.1, 0.15) is 11.5 Å². The van der Waals surface area contributed by atoms with Crippen LogP contribution in [0.2, 0.25) is 0 Å². The first-order chi connectivity index (χ1) is 10.2. The number of benzene rings is 1. The van der Waals surface area contributed by atoms with E-state index in [0.717, 1.165) is 30.5 Å². The molecule has 1 amide bonds. The predicted molar refractivity (Wildman–Crippen MR) is 80.2 cm³/mol. The molecule has 0 saturated carbocycles. The smallest absolute Gasteiger partial charge is 0.281 e. The summed E-state index contributed by atoms with van der Waals surface area (Å²) in [7, 11) is 0. The molecule has 0 unspecified atom stereocenters. The summed E-state index contributed by atoms with van der Waals surface area (Å²) in [5, 5.41) is 0. The lowest BCUT2D eigenvalue weighted by Crippen LogP contribution is -2.32. The number of carbonyl (C=O) groups excluding carboxylic acids is 1. The molecule has 4 nitrogen and oxygen atoms in total. The average Bonchev–Trinajstić information content (AvgIpc) is 2.89. The minimum absolute atomic E-state index is 0.266. The van der Waals surface area contributed by atoms with E-state index in [-0.39, 0.29) is 11.7 Å². The van der Waals surface area contributed by atoms with Crippen molar-refractivity contribution >= 4 is 5.91 Å². The van der Waals surface area contributed by atoms with Crippen LogP contribution in [-0.2, 0) is 13.0 Å². The third-order valence-electron chi connectivity index (χ3n) is 3.48. The Morgan fingerprint density at radius 2 is 1.95 bits per heavy atom. The zero-order chi connectivity index (χ0) is 15.2. The number of nitrogens with zero attached hydrogens (tertiary/aromatic N) is 1. The maximum atomic E-state index is 13.0. The summed E-state index contributed by atoms with van der Waals surface area (Å²) in [4.78, 5) is 11.8. The topological polar surface area (TPSA) is 60.1 Å². The molecule has 0 aliphatic carbocycles. The van der Waals surface area contributed by atoms with E-state index in [0.29, 0.717) is 12.2 Å². The van der Waals surface area contributed by atoms with Crippen LogP contribution < -0.4 is 11.3 Å². The van der Waals surface area contributed by atoms with E-state index in [1.807, 2.05) is 10.6 Å². The second-order valence-corrected chi connectivity index (χ2v) is 5.00. The molecule has 0 bridgehead atoms. The number of hydrogen-bond donors (Lipinski definition) is 2. The number of carbonyl (C=O) groups is 1. The van der Waals surface area contributed by atoms with Crippen LogP contribution in [0.5, 0.6) is 0 Å². The van der Waals surface area contributed by atoms with Crippen molar-refractivity contribution in [1.82, 2.24) is 9.99 Å². The van der Waals surface area contributed by atoms with E-state index in [1.54, 1.807) is 18.2 Å². The molecule has 5 heteroatoms. The van der Waals surface area contributed by atoms with Crippen molar-refractivity contribution in [3.8, 4) is 0 Å². The number of aryl methyl sites for hydroxylation is 1. The Kier molecular flexibility index (Phi) is 5.11. The minimum atomic E-state index is -0.320. The molecular weight excluding hydrogens is 269 g/mol. The first-order valence-corrected chi connectivity index (χ1v) is 7.09. The molecule has 1 aromatic carbocycles. The summed E-state index contributed by atoms with van der Waals surface area (Å²) >= 11 is 0. The van der Waals surface area contributed by atoms with E-state index in [2.05, 4.69) is 12.3 Å². The van der Waals surface area contributed by atoms with Gasteiger partial charge in [0.05, 0.1) is 0 Å². The predicted octanol–water partition coefficient (Wildman–Crippen LogP) is 2.62. The van der Waals surface area contributed by atoms with Crippen LogP contribution in [0.25, 0.3) is 0 Å². The van der Waals surface area contributed by atoms with Gasteiger partial charge in [-0.25, -0.2) is 10.2 Å². The molecule has 0 aliphatic heterocycles. The van der Waals surface area contributed by atoms with Crippen LogP contribution in [-0.4, -0.2) is 10.5 Å². The van der Waals surface area contributed by atoms with Crippen molar-refractivity contribution in [3.05, 3.63) is 59.2 Å². The van der Waals surface area contributed by atoms with Crippen molar-refractivity contribution < 1.29 is 9.18 Å². The molecule has 0 spiro atoms. The summed E-state index contributed by atoms with van der Waals surface area (Å²) in [6.07, 6.45) is 3.03. The van der Waals surface area contributed by atoms with Crippen molar-refractivity contribution in [1.29, 1.82) is 0 Å². The lowest BCUT2D eigenvalue weighted by atomic mass is 10.2. The number of amides is 1. The number of unbranched alkanes of at least 4 members (excludes halogenated alkanes) is 1. The number of halogens is 1. The fourth-order valence-electron chi connectivity index (χ4n) is 2.32. The number of nitrogens with one attached hydrogen (secondary N) is 1. The van der Waals surface area contributed by atoms with E-state index in [9.17, 15) is 9.18 Å². The quantitative estimate of drug-likeness (QED) is 0.488. The molecule has 0 atom stereocenters. The van der Waals surface area contributed by atoms with Crippen LogP contribution in [0.3, 0.4) is 0 Å². The highest BCUT2D eigenvalue weighted by Crippen LogP contribution is 2.15. The third kappa shape index (κ3) is 3.70. The Morgan fingerprint density at radius 3 is 2.57 bits per heavy atom. The van der Waals surface area contributed by atoms with Gasteiger partial charge >= 0.3 is 0 Å². The zero-order valence-corrected chi connectivity index (χ0v) is 12.1. The number of rotatable bonds is 6. The van der Waals surface area contributed by atoms with E-state index in [1.165, 1.54) is 12.1 Å². The van der Waals surface area contributed by atoms with Gasteiger partial charge in [0.2, 0.25) is 0 Å². The molecule has 0 saturated heterocycles.